The zero-order chi connectivity index (χ0) is 15.3. The van der Waals surface area contributed by atoms with Crippen LogP contribution in [0.2, 0.25) is 0 Å². The van der Waals surface area contributed by atoms with Crippen LogP contribution in [0.1, 0.15) is 26.3 Å². The van der Waals surface area contributed by atoms with E-state index in [0.717, 1.165) is 5.56 Å². The third-order valence-electron chi connectivity index (χ3n) is 2.37. The number of carbonyl (C=O) groups excluding carboxylic acids is 1. The van der Waals surface area contributed by atoms with Crippen molar-refractivity contribution in [3.05, 3.63) is 17.7 Å². The zero-order valence-electron chi connectivity index (χ0n) is 12.5. The molecule has 1 aromatic rings. The van der Waals surface area contributed by atoms with Crippen molar-refractivity contribution in [2.75, 3.05) is 19.5 Å². The average molecular weight is 282 g/mol. The van der Waals surface area contributed by atoms with Gasteiger partial charge >= 0.3 is 6.09 Å². The molecule has 1 aromatic carbocycles. The molecule has 0 unspecified atom stereocenters. The van der Waals surface area contributed by atoms with Crippen molar-refractivity contribution < 1.29 is 19.4 Å². The number of ether oxygens (including phenoxy) is 2. The molecule has 0 aliphatic heterocycles. The van der Waals surface area contributed by atoms with Crippen LogP contribution in [0, 0.1) is 0 Å². The lowest BCUT2D eigenvalue weighted by Gasteiger charge is -2.20. The summed E-state index contributed by atoms with van der Waals surface area (Å²) in [6, 6.07) is 3.37. The molecule has 6 heteroatoms. The summed E-state index contributed by atoms with van der Waals surface area (Å²) in [6.45, 7) is 5.89. The van der Waals surface area contributed by atoms with E-state index < -0.39 is 11.7 Å². The number of amides is 1. The Kier molecular flexibility index (Phi) is 5.21. The molecular weight excluding hydrogens is 260 g/mol. The van der Waals surface area contributed by atoms with Crippen molar-refractivity contribution in [2.45, 2.75) is 32.9 Å². The Bertz CT molecular complexity index is 481. The fraction of sp³-hybridized carbons (Fsp3) is 0.500. The van der Waals surface area contributed by atoms with E-state index in [1.807, 2.05) is 0 Å². The fourth-order valence-corrected chi connectivity index (χ4v) is 1.64. The van der Waals surface area contributed by atoms with Gasteiger partial charge in [0.25, 0.3) is 0 Å². The standard InChI is InChI=1S/C14H22N2O4/c1-14(2,3)20-13(18)16-10-6-9(8-15-4)7-11(19-5)12(10)17/h6-7,15,17H,8H2,1-5H3,(H,16,18). The largest absolute Gasteiger partial charge is 0.503 e. The van der Waals surface area contributed by atoms with Gasteiger partial charge in [-0.2, -0.15) is 0 Å². The molecule has 0 bridgehead atoms. The maximum Gasteiger partial charge on any atom is 0.412 e. The van der Waals surface area contributed by atoms with E-state index in [1.54, 1.807) is 40.0 Å². The fourth-order valence-electron chi connectivity index (χ4n) is 1.64. The summed E-state index contributed by atoms with van der Waals surface area (Å²) in [4.78, 5) is 11.7. The first-order valence-electron chi connectivity index (χ1n) is 6.31. The molecule has 0 saturated carbocycles. The number of methoxy groups -OCH3 is 1. The number of carbonyl (C=O) groups is 1. The quantitative estimate of drug-likeness (QED) is 0.739. The highest BCUT2D eigenvalue weighted by molar-refractivity contribution is 5.88. The van der Waals surface area contributed by atoms with E-state index in [-0.39, 0.29) is 11.4 Å². The normalized spacial score (nSPS) is 11.1. The lowest BCUT2D eigenvalue weighted by Crippen LogP contribution is -2.27. The minimum absolute atomic E-state index is 0.127. The van der Waals surface area contributed by atoms with Crippen molar-refractivity contribution in [1.82, 2.24) is 5.32 Å². The molecule has 1 amide bonds. The van der Waals surface area contributed by atoms with Gasteiger partial charge in [-0.1, -0.05) is 0 Å². The summed E-state index contributed by atoms with van der Waals surface area (Å²) >= 11 is 0. The highest BCUT2D eigenvalue weighted by atomic mass is 16.6. The van der Waals surface area contributed by atoms with Crippen LogP contribution in [0.25, 0.3) is 0 Å². The predicted molar refractivity (Wildman–Crippen MR) is 77.3 cm³/mol. The van der Waals surface area contributed by atoms with Gasteiger partial charge in [0, 0.05) is 6.54 Å². The number of nitrogens with one attached hydrogen (secondary N) is 2. The summed E-state index contributed by atoms with van der Waals surface area (Å²) in [5.74, 6) is 0.169. The predicted octanol–water partition coefficient (Wildman–Crippen LogP) is 2.47. The average Bonchev–Trinajstić information content (AvgIpc) is 2.31. The summed E-state index contributed by atoms with van der Waals surface area (Å²) < 4.78 is 10.2. The Balaban J connectivity index is 2.98. The second-order valence-corrected chi connectivity index (χ2v) is 5.35. The third kappa shape index (κ3) is 4.62. The number of hydrogen-bond donors (Lipinski definition) is 3. The van der Waals surface area contributed by atoms with E-state index >= 15 is 0 Å². The molecule has 6 nitrogen and oxygen atoms in total. The van der Waals surface area contributed by atoms with Crippen molar-refractivity contribution in [1.29, 1.82) is 0 Å². The summed E-state index contributed by atoms with van der Waals surface area (Å²) in [7, 11) is 3.26. The third-order valence-corrected chi connectivity index (χ3v) is 2.37. The molecule has 0 heterocycles. The SMILES string of the molecule is CNCc1cc(NC(=O)OC(C)(C)C)c(O)c(OC)c1. The van der Waals surface area contributed by atoms with Crippen LogP contribution in [-0.2, 0) is 11.3 Å². The van der Waals surface area contributed by atoms with Crippen molar-refractivity contribution in [3.63, 3.8) is 0 Å². The number of benzene rings is 1. The molecule has 0 aliphatic carbocycles. The van der Waals surface area contributed by atoms with Crippen LogP contribution in [0.15, 0.2) is 12.1 Å². The van der Waals surface area contributed by atoms with Crippen molar-refractivity contribution in [2.24, 2.45) is 0 Å². The van der Waals surface area contributed by atoms with Gasteiger partial charge in [0.05, 0.1) is 12.8 Å². The Labute approximate surface area is 119 Å². The van der Waals surface area contributed by atoms with Gasteiger partial charge in [0.1, 0.15) is 5.60 Å². The lowest BCUT2D eigenvalue weighted by molar-refractivity contribution is 0.0635. The maximum atomic E-state index is 11.7. The first-order chi connectivity index (χ1) is 9.26. The number of phenols is 1. The Morgan fingerprint density at radius 3 is 2.50 bits per heavy atom. The molecule has 0 aliphatic rings. The van der Waals surface area contributed by atoms with Crippen LogP contribution >= 0.6 is 0 Å². The topological polar surface area (TPSA) is 79.8 Å². The Morgan fingerprint density at radius 2 is 2.00 bits per heavy atom. The van der Waals surface area contributed by atoms with Gasteiger partial charge < -0.3 is 19.9 Å². The number of phenolic OH excluding ortho intramolecular Hbond substituents is 1. The molecule has 0 saturated heterocycles. The van der Waals surface area contributed by atoms with Crippen molar-refractivity contribution >= 4 is 11.8 Å². The Hall–Kier alpha value is -1.95. The van der Waals surface area contributed by atoms with E-state index in [9.17, 15) is 9.90 Å². The van der Waals surface area contributed by atoms with Gasteiger partial charge in [-0.15, -0.1) is 0 Å². The smallest absolute Gasteiger partial charge is 0.412 e. The summed E-state index contributed by atoms with van der Waals surface area (Å²) in [5, 5.41) is 15.5. The highest BCUT2D eigenvalue weighted by Gasteiger charge is 2.19. The monoisotopic (exact) mass is 282 g/mol. The van der Waals surface area contributed by atoms with E-state index in [0.29, 0.717) is 12.3 Å². The minimum atomic E-state index is -0.628. The number of hydrogen-bond acceptors (Lipinski definition) is 5. The van der Waals surface area contributed by atoms with Gasteiger partial charge in [-0.3, -0.25) is 5.32 Å². The Morgan fingerprint density at radius 1 is 1.35 bits per heavy atom. The van der Waals surface area contributed by atoms with E-state index in [1.165, 1.54) is 7.11 Å². The van der Waals surface area contributed by atoms with Crippen LogP contribution in [0.4, 0.5) is 10.5 Å². The van der Waals surface area contributed by atoms with Gasteiger partial charge in [-0.25, -0.2) is 4.79 Å². The summed E-state index contributed by atoms with van der Waals surface area (Å²) in [6.07, 6.45) is -0.628. The molecule has 0 radical (unpaired) electrons. The van der Waals surface area contributed by atoms with E-state index in [2.05, 4.69) is 10.6 Å². The van der Waals surface area contributed by atoms with Gasteiger partial charge in [0.15, 0.2) is 11.5 Å². The number of rotatable bonds is 4. The molecule has 3 N–H and O–H groups in total. The van der Waals surface area contributed by atoms with Crippen LogP contribution in [0.5, 0.6) is 11.5 Å². The summed E-state index contributed by atoms with van der Waals surface area (Å²) in [5.41, 5.74) is 0.517. The van der Waals surface area contributed by atoms with Crippen LogP contribution < -0.4 is 15.4 Å². The van der Waals surface area contributed by atoms with Gasteiger partial charge in [0.2, 0.25) is 0 Å². The number of anilines is 1. The molecule has 0 aromatic heterocycles. The van der Waals surface area contributed by atoms with Crippen LogP contribution in [0.3, 0.4) is 0 Å². The van der Waals surface area contributed by atoms with Crippen LogP contribution in [-0.4, -0.2) is 31.0 Å². The molecule has 1 rings (SSSR count). The maximum absolute atomic E-state index is 11.7. The molecular formula is C14H22N2O4. The van der Waals surface area contributed by atoms with E-state index in [4.69, 9.17) is 9.47 Å². The second-order valence-electron chi connectivity index (χ2n) is 5.35. The molecule has 0 fully saturated rings. The first-order valence-corrected chi connectivity index (χ1v) is 6.31. The molecule has 20 heavy (non-hydrogen) atoms. The molecule has 112 valence electrons. The minimum Gasteiger partial charge on any atom is -0.503 e. The highest BCUT2D eigenvalue weighted by Crippen LogP contribution is 2.35. The first kappa shape index (κ1) is 16.1. The number of aromatic hydroxyl groups is 1. The van der Waals surface area contributed by atoms with Gasteiger partial charge in [-0.05, 0) is 45.5 Å². The lowest BCUT2D eigenvalue weighted by atomic mass is 10.1. The molecule has 0 atom stereocenters. The zero-order valence-corrected chi connectivity index (χ0v) is 12.5. The molecule has 0 spiro atoms. The van der Waals surface area contributed by atoms with Crippen molar-refractivity contribution in [3.8, 4) is 11.5 Å². The second kappa shape index (κ2) is 6.47.